The van der Waals surface area contributed by atoms with E-state index in [0.717, 1.165) is 25.3 Å². The topological polar surface area (TPSA) is 42.1 Å². The van der Waals surface area contributed by atoms with Crippen molar-refractivity contribution in [2.45, 2.75) is 13.0 Å². The van der Waals surface area contributed by atoms with Crippen LogP contribution >= 0.6 is 11.6 Å². The van der Waals surface area contributed by atoms with Crippen molar-refractivity contribution in [2.75, 3.05) is 18.0 Å². The molecule has 0 unspecified atom stereocenters. The Labute approximate surface area is 119 Å². The third kappa shape index (κ3) is 4.23. The van der Waals surface area contributed by atoms with Crippen LogP contribution in [0.1, 0.15) is 12.0 Å². The second-order valence-electron chi connectivity index (χ2n) is 4.38. The lowest BCUT2D eigenvalue weighted by Gasteiger charge is -2.23. The summed E-state index contributed by atoms with van der Waals surface area (Å²) in [6, 6.07) is 14.2. The molecule has 0 aliphatic heterocycles. The predicted molar refractivity (Wildman–Crippen MR) is 80.4 cm³/mol. The van der Waals surface area contributed by atoms with Crippen molar-refractivity contribution in [1.29, 1.82) is 0 Å². The zero-order valence-electron chi connectivity index (χ0n) is 10.8. The quantitative estimate of drug-likeness (QED) is 0.881. The summed E-state index contributed by atoms with van der Waals surface area (Å²) in [6.45, 7) is 2.40. The van der Waals surface area contributed by atoms with E-state index in [0.29, 0.717) is 11.6 Å². The van der Waals surface area contributed by atoms with Crippen LogP contribution in [0.25, 0.3) is 0 Å². The number of hydrogen-bond acceptors (Lipinski definition) is 3. The lowest BCUT2D eigenvalue weighted by molar-refractivity contribution is 0.726. The van der Waals surface area contributed by atoms with Crippen LogP contribution in [-0.2, 0) is 6.54 Å². The molecule has 4 heteroatoms. The Bertz CT molecular complexity index is 485. The molecule has 3 nitrogen and oxygen atoms in total. The molecule has 0 saturated carbocycles. The minimum absolute atomic E-state index is 0.655. The Hall–Kier alpha value is -1.58. The van der Waals surface area contributed by atoms with Crippen molar-refractivity contribution >= 4 is 17.4 Å². The molecule has 0 aliphatic carbocycles. The minimum Gasteiger partial charge on any atom is -0.352 e. The Morgan fingerprint density at radius 1 is 1.11 bits per heavy atom. The molecule has 0 amide bonds. The van der Waals surface area contributed by atoms with E-state index < -0.39 is 0 Å². The standard InChI is InChI=1S/C15H18ClN3/c16-14-7-8-15(18-11-14)19(10-4-9-17)12-13-5-2-1-3-6-13/h1-3,5-8,11H,4,9-10,12,17H2. The summed E-state index contributed by atoms with van der Waals surface area (Å²) in [5.41, 5.74) is 6.86. The molecule has 1 aromatic heterocycles. The van der Waals surface area contributed by atoms with Gasteiger partial charge in [-0.25, -0.2) is 4.98 Å². The van der Waals surface area contributed by atoms with Gasteiger partial charge in [0.05, 0.1) is 5.02 Å². The first-order valence-electron chi connectivity index (χ1n) is 6.40. The van der Waals surface area contributed by atoms with Gasteiger partial charge in [0.2, 0.25) is 0 Å². The minimum atomic E-state index is 0.655. The molecule has 2 N–H and O–H groups in total. The zero-order valence-corrected chi connectivity index (χ0v) is 11.6. The highest BCUT2D eigenvalue weighted by molar-refractivity contribution is 6.30. The van der Waals surface area contributed by atoms with Crippen molar-refractivity contribution in [3.63, 3.8) is 0 Å². The maximum atomic E-state index is 5.88. The fourth-order valence-electron chi connectivity index (χ4n) is 1.92. The van der Waals surface area contributed by atoms with E-state index >= 15 is 0 Å². The van der Waals surface area contributed by atoms with Crippen LogP contribution in [0.5, 0.6) is 0 Å². The number of hydrogen-bond donors (Lipinski definition) is 1. The van der Waals surface area contributed by atoms with Crippen LogP contribution in [0, 0.1) is 0 Å². The van der Waals surface area contributed by atoms with Crippen molar-refractivity contribution in [3.8, 4) is 0 Å². The SMILES string of the molecule is NCCCN(Cc1ccccc1)c1ccc(Cl)cn1. The maximum Gasteiger partial charge on any atom is 0.128 e. The molecule has 1 heterocycles. The van der Waals surface area contributed by atoms with Crippen LogP contribution in [0.15, 0.2) is 48.7 Å². The van der Waals surface area contributed by atoms with Crippen molar-refractivity contribution in [2.24, 2.45) is 5.73 Å². The van der Waals surface area contributed by atoms with Gasteiger partial charge in [0.25, 0.3) is 0 Å². The molecular weight excluding hydrogens is 258 g/mol. The molecule has 100 valence electrons. The first-order chi connectivity index (χ1) is 9.29. The molecule has 19 heavy (non-hydrogen) atoms. The summed E-state index contributed by atoms with van der Waals surface area (Å²) in [6.07, 6.45) is 2.62. The van der Waals surface area contributed by atoms with Gasteiger partial charge >= 0.3 is 0 Å². The molecule has 0 atom stereocenters. The molecule has 0 bridgehead atoms. The number of rotatable bonds is 6. The van der Waals surface area contributed by atoms with Crippen molar-refractivity contribution < 1.29 is 0 Å². The van der Waals surface area contributed by atoms with Crippen molar-refractivity contribution in [1.82, 2.24) is 4.98 Å². The highest BCUT2D eigenvalue weighted by Gasteiger charge is 2.08. The summed E-state index contributed by atoms with van der Waals surface area (Å²) >= 11 is 5.88. The molecule has 2 rings (SSSR count). The van der Waals surface area contributed by atoms with E-state index in [-0.39, 0.29) is 0 Å². The highest BCUT2D eigenvalue weighted by Crippen LogP contribution is 2.17. The first-order valence-corrected chi connectivity index (χ1v) is 6.78. The smallest absolute Gasteiger partial charge is 0.128 e. The fraction of sp³-hybridized carbons (Fsp3) is 0.267. The average molecular weight is 276 g/mol. The van der Waals surface area contributed by atoms with E-state index in [1.807, 2.05) is 30.3 Å². The van der Waals surface area contributed by atoms with E-state index in [2.05, 4.69) is 22.0 Å². The summed E-state index contributed by atoms with van der Waals surface area (Å²) < 4.78 is 0. The van der Waals surface area contributed by atoms with Crippen LogP contribution in [0.4, 0.5) is 5.82 Å². The fourth-order valence-corrected chi connectivity index (χ4v) is 2.03. The van der Waals surface area contributed by atoms with Gasteiger partial charge in [-0.2, -0.15) is 0 Å². The van der Waals surface area contributed by atoms with Gasteiger partial charge in [0.15, 0.2) is 0 Å². The third-order valence-electron chi connectivity index (χ3n) is 2.88. The predicted octanol–water partition coefficient (Wildman–Crippen LogP) is 3.09. The van der Waals surface area contributed by atoms with E-state index in [1.165, 1.54) is 5.56 Å². The Morgan fingerprint density at radius 2 is 1.89 bits per heavy atom. The molecule has 2 aromatic rings. The molecule has 0 spiro atoms. The summed E-state index contributed by atoms with van der Waals surface area (Å²) in [4.78, 5) is 6.60. The van der Waals surface area contributed by atoms with E-state index in [4.69, 9.17) is 17.3 Å². The average Bonchev–Trinajstić information content (AvgIpc) is 2.45. The van der Waals surface area contributed by atoms with Crippen LogP contribution in [0.3, 0.4) is 0 Å². The first kappa shape index (κ1) is 13.8. The number of benzene rings is 1. The Balaban J connectivity index is 2.13. The summed E-state index contributed by atoms with van der Waals surface area (Å²) in [5.74, 6) is 0.932. The number of nitrogens with two attached hydrogens (primary N) is 1. The second kappa shape index (κ2) is 7.12. The van der Waals surface area contributed by atoms with Gasteiger partial charge in [0.1, 0.15) is 5.82 Å². The lowest BCUT2D eigenvalue weighted by Crippen LogP contribution is -2.26. The largest absolute Gasteiger partial charge is 0.352 e. The Morgan fingerprint density at radius 3 is 2.53 bits per heavy atom. The number of nitrogens with zero attached hydrogens (tertiary/aromatic N) is 2. The van der Waals surface area contributed by atoms with Gasteiger partial charge in [-0.05, 0) is 30.7 Å². The molecule has 0 saturated heterocycles. The van der Waals surface area contributed by atoms with Crippen LogP contribution in [-0.4, -0.2) is 18.1 Å². The number of aromatic nitrogens is 1. The number of halogens is 1. The van der Waals surface area contributed by atoms with Crippen molar-refractivity contribution in [3.05, 3.63) is 59.2 Å². The molecular formula is C15H18ClN3. The molecule has 0 radical (unpaired) electrons. The van der Waals surface area contributed by atoms with Gasteiger partial charge in [-0.15, -0.1) is 0 Å². The Kier molecular flexibility index (Phi) is 5.19. The van der Waals surface area contributed by atoms with Crippen LogP contribution < -0.4 is 10.6 Å². The molecule has 1 aromatic carbocycles. The van der Waals surface area contributed by atoms with Gasteiger partial charge in [-0.1, -0.05) is 41.9 Å². The van der Waals surface area contributed by atoms with E-state index in [1.54, 1.807) is 6.20 Å². The third-order valence-corrected chi connectivity index (χ3v) is 3.11. The number of pyridine rings is 1. The van der Waals surface area contributed by atoms with Crippen LogP contribution in [0.2, 0.25) is 5.02 Å². The van der Waals surface area contributed by atoms with Gasteiger partial charge in [0, 0.05) is 19.3 Å². The summed E-state index contributed by atoms with van der Waals surface area (Å²) in [5, 5.41) is 0.655. The number of anilines is 1. The van der Waals surface area contributed by atoms with Gasteiger partial charge < -0.3 is 10.6 Å². The monoisotopic (exact) mass is 275 g/mol. The zero-order chi connectivity index (χ0) is 13.5. The second-order valence-corrected chi connectivity index (χ2v) is 4.82. The van der Waals surface area contributed by atoms with Gasteiger partial charge in [-0.3, -0.25) is 0 Å². The summed E-state index contributed by atoms with van der Waals surface area (Å²) in [7, 11) is 0. The molecule has 0 aliphatic rings. The maximum absolute atomic E-state index is 5.88. The van der Waals surface area contributed by atoms with E-state index in [9.17, 15) is 0 Å². The molecule has 0 fully saturated rings. The normalized spacial score (nSPS) is 10.4. The lowest BCUT2D eigenvalue weighted by atomic mass is 10.2. The highest BCUT2D eigenvalue weighted by atomic mass is 35.5.